The normalized spacial score (nSPS) is 11.0. The molecule has 0 radical (unpaired) electrons. The molecule has 1 N–H and O–H groups in total. The molecule has 0 saturated heterocycles. The van der Waals surface area contributed by atoms with Gasteiger partial charge in [0.25, 0.3) is 5.91 Å². The molecule has 176 valence electrons. The summed E-state index contributed by atoms with van der Waals surface area (Å²) in [6, 6.07) is 23.4. The van der Waals surface area contributed by atoms with Crippen molar-refractivity contribution in [2.75, 3.05) is 13.2 Å². The van der Waals surface area contributed by atoms with E-state index in [2.05, 4.69) is 22.0 Å². The van der Waals surface area contributed by atoms with Gasteiger partial charge in [-0.1, -0.05) is 53.6 Å². The Morgan fingerprint density at radius 1 is 1.00 bits per heavy atom. The monoisotopic (exact) mass is 475 g/mol. The third kappa shape index (κ3) is 6.17. The first kappa shape index (κ1) is 23.8. The lowest BCUT2D eigenvalue weighted by molar-refractivity contribution is 0.0953. The number of imidazole rings is 1. The standard InChI is InChI=1S/C28H30ClN3O2/c1-21-10-8-11-22(20-21)28(33)30-17-9-16-27-31-24-13-3-4-14-25(24)32(27)18-6-7-19-34-26-15-5-2-12-23(26)29/h2-5,8,10-15,20H,6-7,9,16-19H2,1H3,(H,30,33). The number of halogens is 1. The predicted molar refractivity (Wildman–Crippen MR) is 138 cm³/mol. The van der Waals surface area contributed by atoms with Gasteiger partial charge < -0.3 is 14.6 Å². The van der Waals surface area contributed by atoms with Crippen LogP contribution in [0.5, 0.6) is 5.75 Å². The van der Waals surface area contributed by atoms with Crippen molar-refractivity contribution in [2.45, 2.75) is 39.2 Å². The molecular weight excluding hydrogens is 446 g/mol. The van der Waals surface area contributed by atoms with Gasteiger partial charge >= 0.3 is 0 Å². The summed E-state index contributed by atoms with van der Waals surface area (Å²) in [6.45, 7) is 4.10. The van der Waals surface area contributed by atoms with E-state index in [-0.39, 0.29) is 5.91 Å². The number of ether oxygens (including phenoxy) is 1. The number of nitrogens with one attached hydrogen (secondary N) is 1. The van der Waals surface area contributed by atoms with Crippen LogP contribution in [0.15, 0.2) is 72.8 Å². The van der Waals surface area contributed by atoms with Gasteiger partial charge in [0.15, 0.2) is 0 Å². The highest BCUT2D eigenvalue weighted by Gasteiger charge is 2.11. The van der Waals surface area contributed by atoms with Crippen LogP contribution >= 0.6 is 11.6 Å². The summed E-state index contributed by atoms with van der Waals surface area (Å²) in [5, 5.41) is 3.67. The molecule has 0 spiro atoms. The average Bonchev–Trinajstić information content (AvgIpc) is 3.20. The highest BCUT2D eigenvalue weighted by Crippen LogP contribution is 2.23. The minimum absolute atomic E-state index is 0.0317. The summed E-state index contributed by atoms with van der Waals surface area (Å²) in [5.41, 5.74) is 3.94. The molecule has 6 heteroatoms. The second-order valence-electron chi connectivity index (χ2n) is 8.38. The zero-order valence-electron chi connectivity index (χ0n) is 19.5. The molecule has 0 aliphatic carbocycles. The lowest BCUT2D eigenvalue weighted by Crippen LogP contribution is -2.25. The maximum absolute atomic E-state index is 12.4. The zero-order valence-corrected chi connectivity index (χ0v) is 20.2. The van der Waals surface area contributed by atoms with Crippen LogP contribution in [0, 0.1) is 6.92 Å². The number of benzene rings is 3. The molecule has 4 aromatic rings. The number of fused-ring (bicyclic) bond motifs is 1. The fraction of sp³-hybridized carbons (Fsp3) is 0.286. The van der Waals surface area contributed by atoms with Crippen LogP contribution in [0.25, 0.3) is 11.0 Å². The van der Waals surface area contributed by atoms with Crippen LogP contribution in [0.1, 0.15) is 41.0 Å². The summed E-state index contributed by atoms with van der Waals surface area (Å²) >= 11 is 6.16. The number of nitrogens with zero attached hydrogens (tertiary/aromatic N) is 2. The molecule has 0 fully saturated rings. The van der Waals surface area contributed by atoms with E-state index >= 15 is 0 Å². The Morgan fingerprint density at radius 2 is 1.82 bits per heavy atom. The zero-order chi connectivity index (χ0) is 23.8. The largest absolute Gasteiger partial charge is 0.492 e. The van der Waals surface area contributed by atoms with Gasteiger partial charge in [0.2, 0.25) is 0 Å². The summed E-state index contributed by atoms with van der Waals surface area (Å²) < 4.78 is 8.12. The molecule has 1 amide bonds. The molecule has 3 aromatic carbocycles. The third-order valence-electron chi connectivity index (χ3n) is 5.75. The summed E-state index contributed by atoms with van der Waals surface area (Å²) in [4.78, 5) is 17.2. The van der Waals surface area contributed by atoms with Crippen molar-refractivity contribution in [2.24, 2.45) is 0 Å². The van der Waals surface area contributed by atoms with Crippen molar-refractivity contribution in [3.63, 3.8) is 0 Å². The van der Waals surface area contributed by atoms with E-state index in [1.54, 1.807) is 0 Å². The Kier molecular flexibility index (Phi) is 8.21. The Morgan fingerprint density at radius 3 is 2.68 bits per heavy atom. The highest BCUT2D eigenvalue weighted by molar-refractivity contribution is 6.32. The van der Waals surface area contributed by atoms with E-state index in [0.29, 0.717) is 23.7 Å². The molecule has 4 rings (SSSR count). The highest BCUT2D eigenvalue weighted by atomic mass is 35.5. The Labute approximate surface area is 205 Å². The SMILES string of the molecule is Cc1cccc(C(=O)NCCCc2nc3ccccc3n2CCCCOc2ccccc2Cl)c1. The van der Waals surface area contributed by atoms with Gasteiger partial charge in [-0.2, -0.15) is 0 Å². The summed E-state index contributed by atoms with van der Waals surface area (Å²) in [7, 11) is 0. The summed E-state index contributed by atoms with van der Waals surface area (Å²) in [6.07, 6.45) is 3.53. The van der Waals surface area contributed by atoms with Crippen molar-refractivity contribution in [1.29, 1.82) is 0 Å². The minimum Gasteiger partial charge on any atom is -0.492 e. The fourth-order valence-electron chi connectivity index (χ4n) is 4.02. The maximum atomic E-state index is 12.4. The topological polar surface area (TPSA) is 56.2 Å². The smallest absolute Gasteiger partial charge is 0.251 e. The second-order valence-corrected chi connectivity index (χ2v) is 8.79. The maximum Gasteiger partial charge on any atom is 0.251 e. The molecule has 1 heterocycles. The number of para-hydroxylation sites is 3. The van der Waals surface area contributed by atoms with Crippen LogP contribution in [-0.2, 0) is 13.0 Å². The molecule has 1 aromatic heterocycles. The summed E-state index contributed by atoms with van der Waals surface area (Å²) in [5.74, 6) is 1.75. The molecule has 0 unspecified atom stereocenters. The van der Waals surface area contributed by atoms with Crippen molar-refractivity contribution in [3.8, 4) is 5.75 Å². The Hall–Kier alpha value is -3.31. The first-order valence-corrected chi connectivity index (χ1v) is 12.2. The van der Waals surface area contributed by atoms with Crippen LogP contribution in [0.2, 0.25) is 5.02 Å². The van der Waals surface area contributed by atoms with Crippen molar-refractivity contribution in [1.82, 2.24) is 14.9 Å². The molecule has 34 heavy (non-hydrogen) atoms. The van der Waals surface area contributed by atoms with Crippen LogP contribution in [-0.4, -0.2) is 28.6 Å². The van der Waals surface area contributed by atoms with Gasteiger partial charge in [0.1, 0.15) is 11.6 Å². The molecule has 0 bridgehead atoms. The Balaban J connectivity index is 1.30. The first-order valence-electron chi connectivity index (χ1n) is 11.8. The lowest BCUT2D eigenvalue weighted by Gasteiger charge is -2.11. The third-order valence-corrected chi connectivity index (χ3v) is 6.06. The molecule has 0 atom stereocenters. The van der Waals surface area contributed by atoms with Gasteiger partial charge in [-0.3, -0.25) is 4.79 Å². The van der Waals surface area contributed by atoms with Gasteiger partial charge in [-0.15, -0.1) is 0 Å². The van der Waals surface area contributed by atoms with Gasteiger partial charge in [0.05, 0.1) is 22.7 Å². The van der Waals surface area contributed by atoms with Gasteiger partial charge in [-0.25, -0.2) is 4.98 Å². The molecule has 0 aliphatic heterocycles. The number of carbonyl (C=O) groups is 1. The molecule has 0 aliphatic rings. The number of rotatable bonds is 11. The first-order chi connectivity index (χ1) is 16.6. The lowest BCUT2D eigenvalue weighted by atomic mass is 10.1. The van der Waals surface area contributed by atoms with Crippen LogP contribution < -0.4 is 10.1 Å². The quantitative estimate of drug-likeness (QED) is 0.262. The fourth-order valence-corrected chi connectivity index (χ4v) is 4.21. The van der Waals surface area contributed by atoms with Gasteiger partial charge in [0, 0.05) is 25.1 Å². The molecule has 5 nitrogen and oxygen atoms in total. The number of aryl methyl sites for hydroxylation is 3. The Bertz CT molecular complexity index is 1250. The van der Waals surface area contributed by atoms with E-state index in [1.807, 2.05) is 67.6 Å². The van der Waals surface area contributed by atoms with E-state index < -0.39 is 0 Å². The van der Waals surface area contributed by atoms with Crippen molar-refractivity contribution >= 4 is 28.5 Å². The van der Waals surface area contributed by atoms with Crippen molar-refractivity contribution < 1.29 is 9.53 Å². The average molecular weight is 476 g/mol. The predicted octanol–water partition coefficient (Wildman–Crippen LogP) is 6.22. The number of unbranched alkanes of at least 4 members (excludes halogenated alkanes) is 1. The second kappa shape index (κ2) is 11.7. The number of hydrogen-bond acceptors (Lipinski definition) is 3. The number of amides is 1. The van der Waals surface area contributed by atoms with Crippen LogP contribution in [0.4, 0.5) is 0 Å². The number of aromatic nitrogens is 2. The minimum atomic E-state index is -0.0317. The van der Waals surface area contributed by atoms with E-state index in [1.165, 1.54) is 0 Å². The molecular formula is C28H30ClN3O2. The number of carbonyl (C=O) groups excluding carboxylic acids is 1. The van der Waals surface area contributed by atoms with Gasteiger partial charge in [-0.05, 0) is 62.6 Å². The number of hydrogen-bond donors (Lipinski definition) is 1. The molecule has 0 saturated carbocycles. The van der Waals surface area contributed by atoms with E-state index in [4.69, 9.17) is 21.3 Å². The van der Waals surface area contributed by atoms with Crippen molar-refractivity contribution in [3.05, 3.63) is 94.8 Å². The van der Waals surface area contributed by atoms with E-state index in [0.717, 1.165) is 60.4 Å². The van der Waals surface area contributed by atoms with Crippen LogP contribution in [0.3, 0.4) is 0 Å². The van der Waals surface area contributed by atoms with E-state index in [9.17, 15) is 4.79 Å².